The lowest BCUT2D eigenvalue weighted by molar-refractivity contribution is 0.0994. The first-order valence-corrected chi connectivity index (χ1v) is 13.0. The van der Waals surface area contributed by atoms with Crippen LogP contribution in [0.3, 0.4) is 0 Å². The van der Waals surface area contributed by atoms with Crippen molar-refractivity contribution in [2.75, 3.05) is 38.5 Å². The van der Waals surface area contributed by atoms with Gasteiger partial charge in [-0.15, -0.1) is 0 Å². The Balaban J connectivity index is 1.40. The number of primary amides is 1. The molecule has 3 heterocycles. The normalized spacial score (nSPS) is 16.9. The number of aromatic nitrogens is 4. The summed E-state index contributed by atoms with van der Waals surface area (Å²) in [5, 5.41) is 7.48. The fourth-order valence-corrected chi connectivity index (χ4v) is 6.05. The summed E-state index contributed by atoms with van der Waals surface area (Å²) in [6.07, 6.45) is 4.08. The number of carbonyl (C=O) groups is 1. The van der Waals surface area contributed by atoms with Crippen LogP contribution in [-0.4, -0.2) is 76.5 Å². The number of piperazine rings is 1. The zero-order chi connectivity index (χ0) is 24.7. The maximum Gasteiger partial charge on any atom is 0.269 e. The molecule has 2 aromatic heterocycles. The summed E-state index contributed by atoms with van der Waals surface area (Å²) < 4.78 is 29.1. The van der Waals surface area contributed by atoms with E-state index < -0.39 is 15.9 Å². The first-order valence-electron chi connectivity index (χ1n) is 11.5. The second-order valence-corrected chi connectivity index (χ2v) is 10.9. The third-order valence-corrected chi connectivity index (χ3v) is 8.46. The molecule has 1 aliphatic carbocycles. The molecule has 0 spiro atoms. The number of nitrogens with two attached hydrogens (primary N) is 1. The second kappa shape index (κ2) is 9.02. The molecule has 1 aliphatic heterocycles. The number of aryl methyl sites for hydroxylation is 2. The van der Waals surface area contributed by atoms with Gasteiger partial charge in [-0.05, 0) is 56.1 Å². The number of amides is 1. The molecule has 35 heavy (non-hydrogen) atoms. The molecule has 0 atom stereocenters. The average molecular weight is 497 g/mol. The first-order chi connectivity index (χ1) is 16.7. The third-order valence-electron chi connectivity index (χ3n) is 6.55. The summed E-state index contributed by atoms with van der Waals surface area (Å²) in [6.45, 7) is 2.40. The van der Waals surface area contributed by atoms with E-state index in [1.54, 1.807) is 42.2 Å². The van der Waals surface area contributed by atoms with E-state index in [4.69, 9.17) is 10.7 Å². The Labute approximate surface area is 204 Å². The lowest BCUT2D eigenvalue weighted by Crippen LogP contribution is -2.46. The molecule has 1 aromatic carbocycles. The van der Waals surface area contributed by atoms with E-state index in [1.165, 1.54) is 4.31 Å². The number of fused-ring (bicyclic) bond motifs is 3. The SMILES string of the molecule is CN1CCN(S(=O)(=O)c2ccc(Nc3ncc4c(n3)-c3c(c(C(N)=O)nn3C)CCC4)cc2)CC1. The standard InChI is InChI=1S/C23H28N8O3S/c1-29-10-12-31(13-11-29)35(33,34)17-8-6-16(7-9-17)26-23-25-14-15-4-3-5-18-20(22(24)32)28-30(2)21(18)19(15)27-23/h6-9,14H,3-5,10-13H2,1-2H3,(H2,24,32)(H,25,26,27). The monoisotopic (exact) mass is 496 g/mol. The molecule has 0 unspecified atom stereocenters. The fraction of sp³-hybridized carbons (Fsp3) is 0.391. The van der Waals surface area contributed by atoms with Crippen molar-refractivity contribution in [2.24, 2.45) is 12.8 Å². The van der Waals surface area contributed by atoms with E-state index >= 15 is 0 Å². The van der Waals surface area contributed by atoms with E-state index in [-0.39, 0.29) is 10.6 Å². The third kappa shape index (κ3) is 4.40. The van der Waals surface area contributed by atoms with Crippen LogP contribution in [0.2, 0.25) is 0 Å². The fourth-order valence-electron chi connectivity index (χ4n) is 4.63. The summed E-state index contributed by atoms with van der Waals surface area (Å²) >= 11 is 0. The lowest BCUT2D eigenvalue weighted by atomic mass is 10.1. The van der Waals surface area contributed by atoms with Crippen molar-refractivity contribution in [1.29, 1.82) is 0 Å². The van der Waals surface area contributed by atoms with Crippen LogP contribution < -0.4 is 11.1 Å². The predicted octanol–water partition coefficient (Wildman–Crippen LogP) is 1.14. The van der Waals surface area contributed by atoms with Gasteiger partial charge in [-0.2, -0.15) is 9.40 Å². The van der Waals surface area contributed by atoms with E-state index in [0.717, 1.165) is 29.7 Å². The van der Waals surface area contributed by atoms with Gasteiger partial charge in [-0.25, -0.2) is 18.4 Å². The van der Waals surface area contributed by atoms with Gasteiger partial charge in [0.25, 0.3) is 5.91 Å². The number of benzene rings is 1. The van der Waals surface area contributed by atoms with Crippen LogP contribution in [0.1, 0.15) is 28.0 Å². The summed E-state index contributed by atoms with van der Waals surface area (Å²) in [5.74, 6) is -0.183. The molecule has 1 fully saturated rings. The van der Waals surface area contributed by atoms with Crippen LogP contribution in [0.25, 0.3) is 11.4 Å². The minimum Gasteiger partial charge on any atom is -0.364 e. The van der Waals surface area contributed by atoms with E-state index in [2.05, 4.69) is 20.3 Å². The molecule has 1 amide bonds. The number of carbonyl (C=O) groups excluding carboxylic acids is 1. The van der Waals surface area contributed by atoms with Gasteiger partial charge in [-0.1, -0.05) is 0 Å². The molecule has 0 saturated carbocycles. The van der Waals surface area contributed by atoms with Crippen LogP contribution in [-0.2, 0) is 29.9 Å². The highest BCUT2D eigenvalue weighted by Gasteiger charge is 2.28. The van der Waals surface area contributed by atoms with Gasteiger partial charge < -0.3 is 16.0 Å². The van der Waals surface area contributed by atoms with Crippen molar-refractivity contribution in [3.05, 3.63) is 47.3 Å². The number of hydrogen-bond acceptors (Lipinski definition) is 8. The number of nitrogens with one attached hydrogen (secondary N) is 1. The minimum atomic E-state index is -3.53. The summed E-state index contributed by atoms with van der Waals surface area (Å²) in [5.41, 5.74) is 9.75. The van der Waals surface area contributed by atoms with Gasteiger partial charge in [0.2, 0.25) is 16.0 Å². The van der Waals surface area contributed by atoms with Gasteiger partial charge in [0.05, 0.1) is 16.3 Å². The maximum atomic E-state index is 13.0. The number of likely N-dealkylation sites (N-methyl/N-ethyl adjacent to an activating group) is 1. The lowest BCUT2D eigenvalue weighted by Gasteiger charge is -2.31. The van der Waals surface area contributed by atoms with Crippen molar-refractivity contribution in [1.82, 2.24) is 29.0 Å². The molecule has 1 saturated heterocycles. The predicted molar refractivity (Wildman–Crippen MR) is 131 cm³/mol. The van der Waals surface area contributed by atoms with E-state index in [1.807, 2.05) is 7.05 Å². The highest BCUT2D eigenvalue weighted by atomic mass is 32.2. The van der Waals surface area contributed by atoms with Crippen molar-refractivity contribution in [2.45, 2.75) is 24.2 Å². The first kappa shape index (κ1) is 23.4. The smallest absolute Gasteiger partial charge is 0.269 e. The second-order valence-electron chi connectivity index (χ2n) is 8.94. The zero-order valence-electron chi connectivity index (χ0n) is 19.7. The van der Waals surface area contributed by atoms with Crippen LogP contribution >= 0.6 is 0 Å². The Kier molecular flexibility index (Phi) is 6.03. The molecule has 5 rings (SSSR count). The Morgan fingerprint density at radius 1 is 1.06 bits per heavy atom. The summed E-state index contributed by atoms with van der Waals surface area (Å²) in [7, 11) is 0.226. The Hall–Kier alpha value is -3.35. The largest absolute Gasteiger partial charge is 0.364 e. The Morgan fingerprint density at radius 3 is 2.46 bits per heavy atom. The average Bonchev–Trinajstić information content (AvgIpc) is 3.04. The zero-order valence-corrected chi connectivity index (χ0v) is 20.5. The molecule has 11 nitrogen and oxygen atoms in total. The topological polar surface area (TPSA) is 139 Å². The van der Waals surface area contributed by atoms with Gasteiger partial charge in [-0.3, -0.25) is 9.48 Å². The number of anilines is 2. The van der Waals surface area contributed by atoms with Gasteiger partial charge in [0.15, 0.2) is 5.69 Å². The highest BCUT2D eigenvalue weighted by molar-refractivity contribution is 7.89. The van der Waals surface area contributed by atoms with Crippen LogP contribution in [0.15, 0.2) is 35.4 Å². The molecule has 184 valence electrons. The number of hydrogen-bond donors (Lipinski definition) is 2. The van der Waals surface area contributed by atoms with Gasteiger partial charge in [0, 0.05) is 50.7 Å². The Bertz CT molecular complexity index is 1380. The highest BCUT2D eigenvalue weighted by Crippen LogP contribution is 2.33. The maximum absolute atomic E-state index is 13.0. The summed E-state index contributed by atoms with van der Waals surface area (Å²) in [6, 6.07) is 6.60. The van der Waals surface area contributed by atoms with E-state index in [9.17, 15) is 13.2 Å². The molecule has 0 radical (unpaired) electrons. The van der Waals surface area contributed by atoms with Crippen LogP contribution in [0.5, 0.6) is 0 Å². The molecular weight excluding hydrogens is 468 g/mol. The molecule has 12 heteroatoms. The van der Waals surface area contributed by atoms with Crippen LogP contribution in [0, 0.1) is 0 Å². The van der Waals surface area contributed by atoms with Crippen LogP contribution in [0.4, 0.5) is 11.6 Å². The quantitative estimate of drug-likeness (QED) is 0.536. The molecule has 2 aliphatic rings. The summed E-state index contributed by atoms with van der Waals surface area (Å²) in [4.78, 5) is 23.4. The molecule has 3 aromatic rings. The van der Waals surface area contributed by atoms with Crippen molar-refractivity contribution >= 4 is 27.6 Å². The molecule has 0 bridgehead atoms. The van der Waals surface area contributed by atoms with Crippen molar-refractivity contribution in [3.8, 4) is 11.4 Å². The number of rotatable bonds is 5. The van der Waals surface area contributed by atoms with Gasteiger partial charge in [0.1, 0.15) is 0 Å². The number of nitrogens with zero attached hydrogens (tertiary/aromatic N) is 6. The number of sulfonamides is 1. The van der Waals surface area contributed by atoms with Gasteiger partial charge >= 0.3 is 0 Å². The minimum absolute atomic E-state index is 0.258. The molecular formula is C23H28N8O3S. The molecule has 3 N–H and O–H groups in total. The van der Waals surface area contributed by atoms with Crippen molar-refractivity contribution < 1.29 is 13.2 Å². The van der Waals surface area contributed by atoms with Crippen molar-refractivity contribution in [3.63, 3.8) is 0 Å². The Morgan fingerprint density at radius 2 is 1.77 bits per heavy atom. The van der Waals surface area contributed by atoms with E-state index in [0.29, 0.717) is 49.9 Å².